The summed E-state index contributed by atoms with van der Waals surface area (Å²) < 4.78 is 11.8. The molecule has 28 nitrogen and oxygen atoms in total. The van der Waals surface area contributed by atoms with Gasteiger partial charge in [0.2, 0.25) is 41.4 Å². The SMILES string of the molecule is COC1(C2CCCCC2)CCN(c2ccc(-c3nnc(C4CCC(CN[C@H]5C[C@@H](O)CNC(=O)[C@@H]6[C@@H](O)[C@@H](C)CN6C(=O)[C@H]([C@H](O)CC(N)=O)NC(=O)[C@H]([C@H](O)Cc6ccc(O)c(OCCN)c6)NC(=O)[C@@H]6C[C@@H](O)CN6C(=O)[C@H]([C@@H](C)O)NC5=O)CC4)s3)cc2)CC1. The first-order valence-electron chi connectivity index (χ1n) is 32.8. The van der Waals surface area contributed by atoms with Gasteiger partial charge in [-0.15, -0.1) is 10.2 Å². The predicted molar refractivity (Wildman–Crippen MR) is 340 cm³/mol. The lowest BCUT2D eigenvalue weighted by Gasteiger charge is -2.47. The number of primary amides is 1. The van der Waals surface area contributed by atoms with Crippen molar-refractivity contribution < 1.29 is 78.8 Å². The maximum atomic E-state index is 14.7. The maximum Gasteiger partial charge on any atom is 0.248 e. The number of carbonyl (C=O) groups is 7. The zero-order valence-electron chi connectivity index (χ0n) is 53.1. The van der Waals surface area contributed by atoms with E-state index in [0.29, 0.717) is 5.92 Å². The molecule has 13 atom stereocenters. The number of methoxy groups -OCH3 is 1. The summed E-state index contributed by atoms with van der Waals surface area (Å²) in [5.74, 6) is -7.95. The number of amides is 7. The van der Waals surface area contributed by atoms with Gasteiger partial charge in [0.25, 0.3) is 0 Å². The molecule has 3 aromatic rings. The van der Waals surface area contributed by atoms with Crippen molar-refractivity contribution in [3.8, 4) is 22.1 Å². The van der Waals surface area contributed by atoms with Crippen LogP contribution in [0.4, 0.5) is 5.69 Å². The largest absolute Gasteiger partial charge is 0.504 e. The molecular weight excluding hydrogens is 1220 g/mol. The number of aliphatic hydroxyl groups is 6. The lowest BCUT2D eigenvalue weighted by Crippen LogP contribution is -2.64. The Kier molecular flexibility index (Phi) is 24.1. The number of aromatic nitrogens is 2. The van der Waals surface area contributed by atoms with Gasteiger partial charge in [-0.3, -0.25) is 33.6 Å². The Morgan fingerprint density at radius 3 is 2.14 bits per heavy atom. The number of phenolic OH excluding ortho intramolecular Hbond substituents is 1. The van der Waals surface area contributed by atoms with Crippen molar-refractivity contribution in [3.63, 3.8) is 0 Å². The first kappa shape index (κ1) is 70.6. The Labute approximate surface area is 544 Å². The van der Waals surface area contributed by atoms with Gasteiger partial charge in [-0.05, 0) is 125 Å². The number of nitrogens with two attached hydrogens (primary N) is 2. The summed E-state index contributed by atoms with van der Waals surface area (Å²) in [6.07, 6.45) is -0.889. The molecule has 0 radical (unpaired) electrons. The van der Waals surface area contributed by atoms with Gasteiger partial charge in [-0.2, -0.15) is 0 Å². The van der Waals surface area contributed by atoms with Crippen LogP contribution in [0, 0.1) is 17.8 Å². The van der Waals surface area contributed by atoms with Gasteiger partial charge in [0.1, 0.15) is 46.8 Å². The van der Waals surface area contributed by atoms with E-state index in [4.69, 9.17) is 20.9 Å². The van der Waals surface area contributed by atoms with E-state index in [0.717, 1.165) is 77.0 Å². The van der Waals surface area contributed by atoms with E-state index in [-0.39, 0.29) is 67.2 Å². The van der Waals surface area contributed by atoms with Crippen LogP contribution in [-0.4, -0.2) is 235 Å². The molecule has 4 saturated heterocycles. The van der Waals surface area contributed by atoms with Gasteiger partial charge in [-0.25, -0.2) is 0 Å². The number of benzene rings is 2. The fourth-order valence-corrected chi connectivity index (χ4v) is 15.4. The fourth-order valence-electron chi connectivity index (χ4n) is 14.4. The number of carbonyl (C=O) groups excluding carboxylic acids is 7. The number of fused-ring (bicyclic) bond motifs is 2. The summed E-state index contributed by atoms with van der Waals surface area (Å²) in [6, 6.07) is 1.89. The van der Waals surface area contributed by atoms with Crippen LogP contribution in [0.3, 0.4) is 0 Å². The molecule has 0 unspecified atom stereocenters. The highest BCUT2D eigenvalue weighted by molar-refractivity contribution is 7.14. The molecular formula is C64H94N12O16S. The average Bonchev–Trinajstić information content (AvgIpc) is 1.81. The second kappa shape index (κ2) is 31.7. The number of ether oxygens (including phenoxy) is 2. The van der Waals surface area contributed by atoms with Crippen LogP contribution in [0.5, 0.6) is 11.5 Å². The summed E-state index contributed by atoms with van der Waals surface area (Å²) in [5.41, 5.74) is 13.4. The van der Waals surface area contributed by atoms with Gasteiger partial charge in [-0.1, -0.05) is 43.6 Å². The van der Waals surface area contributed by atoms with Crippen LogP contribution in [0.25, 0.3) is 10.6 Å². The molecule has 29 heteroatoms. The zero-order valence-corrected chi connectivity index (χ0v) is 54.0. The molecule has 6 fully saturated rings. The number of β-amino-alcohol motifs (C(OH)–C–C–N with tert-alkyl or cyclic N) is 1. The summed E-state index contributed by atoms with van der Waals surface area (Å²) >= 11 is 1.57. The topological polar surface area (TPSA) is 427 Å². The van der Waals surface area contributed by atoms with Crippen LogP contribution in [0.1, 0.15) is 120 Å². The van der Waals surface area contributed by atoms with Crippen molar-refractivity contribution >= 4 is 58.4 Å². The molecule has 16 N–H and O–H groups in total. The number of aliphatic hydroxyl groups excluding tert-OH is 6. The Balaban J connectivity index is 0.913. The van der Waals surface area contributed by atoms with Gasteiger partial charge in [0.05, 0.1) is 54.7 Å². The molecule has 2 saturated carbocycles. The smallest absolute Gasteiger partial charge is 0.248 e. The van der Waals surface area contributed by atoms with E-state index >= 15 is 0 Å². The lowest BCUT2D eigenvalue weighted by atomic mass is 9.72. The monoisotopic (exact) mass is 1320 g/mol. The minimum Gasteiger partial charge on any atom is -0.504 e. The Morgan fingerprint density at radius 2 is 1.47 bits per heavy atom. The third kappa shape index (κ3) is 17.1. The minimum atomic E-state index is -2.13. The zero-order chi connectivity index (χ0) is 66.8. The molecule has 9 rings (SSSR count). The van der Waals surface area contributed by atoms with Crippen molar-refractivity contribution in [2.24, 2.45) is 29.2 Å². The molecule has 512 valence electrons. The third-order valence-electron chi connectivity index (χ3n) is 19.8. The van der Waals surface area contributed by atoms with Crippen LogP contribution >= 0.6 is 11.3 Å². The molecule has 93 heavy (non-hydrogen) atoms. The molecule has 2 aliphatic carbocycles. The summed E-state index contributed by atoms with van der Waals surface area (Å²) in [7, 11) is 1.88. The molecule has 2 aromatic carbocycles. The number of hydrogen-bond donors (Lipinski definition) is 14. The van der Waals surface area contributed by atoms with Crippen LogP contribution in [0.2, 0.25) is 0 Å². The average molecular weight is 1320 g/mol. The Bertz CT molecular complexity index is 3070. The van der Waals surface area contributed by atoms with Gasteiger partial charge in [0.15, 0.2) is 11.5 Å². The number of nitrogens with one attached hydrogen (secondary N) is 5. The normalized spacial score (nSPS) is 30.0. The second-order valence-corrected chi connectivity index (χ2v) is 27.4. The van der Waals surface area contributed by atoms with E-state index < -0.39 is 152 Å². The van der Waals surface area contributed by atoms with Crippen molar-refractivity contribution in [2.75, 3.05) is 64.4 Å². The Hall–Kier alpha value is -6.67. The molecule has 6 aliphatic rings. The molecule has 1 aromatic heterocycles. The maximum absolute atomic E-state index is 14.7. The van der Waals surface area contributed by atoms with Crippen molar-refractivity contribution in [3.05, 3.63) is 53.0 Å². The third-order valence-corrected chi connectivity index (χ3v) is 21.0. The van der Waals surface area contributed by atoms with Crippen LogP contribution in [-0.2, 0) is 44.7 Å². The number of aromatic hydroxyl groups is 1. The molecule has 0 bridgehead atoms. The summed E-state index contributed by atoms with van der Waals surface area (Å²) in [6.45, 7) is 3.61. The minimum absolute atomic E-state index is 0.00950. The van der Waals surface area contributed by atoms with Crippen molar-refractivity contribution in [1.29, 1.82) is 0 Å². The predicted octanol–water partition coefficient (Wildman–Crippen LogP) is -1.23. The highest BCUT2D eigenvalue weighted by Gasteiger charge is 2.50. The summed E-state index contributed by atoms with van der Waals surface area (Å²) in [4.78, 5) is 104. The standard InChI is InChI=1S/C64H94N12O16S/c1-34-32-76-54(55(34)84)59(88)68-31-42(78)27-44(67-30-36-9-12-38(13-10-36)60-72-73-61(93-60)39-14-16-41(17-15-39)74-22-19-64(91-3,20-23-74)40-7-5-4-6-8-40)56(85)69-51(35(2)77)62(89)75-33-43(79)28-45(75)57(86)70-52(58(87)71-53(63(76)90)48(82)29-50(66)83)47(81)25-37-11-18-46(80)49(26-37)92-24-21-65/h11,14-18,26,34-36,38,40,42-45,47-48,51-55,67,77-82,84H,4-10,12-13,19-25,27-33,65H2,1-3H3,(H2,66,83)(H,68,88)(H,69,85)(H,70,86)(H,71,87)/t34-,35+,36?,38?,42+,43+,44-,45-,47+,48+,51-,52-,53-,54-,55-/m0/s1. The molecule has 5 heterocycles. The number of rotatable bonds is 18. The Morgan fingerprint density at radius 1 is 0.796 bits per heavy atom. The first-order chi connectivity index (χ1) is 44.5. The van der Waals surface area contributed by atoms with Gasteiger partial charge in [0, 0.05) is 82.3 Å². The van der Waals surface area contributed by atoms with Gasteiger partial charge < -0.3 is 98.0 Å². The molecule has 7 amide bonds. The van der Waals surface area contributed by atoms with E-state index in [9.17, 15) is 69.3 Å². The van der Waals surface area contributed by atoms with E-state index in [1.807, 2.05) is 7.11 Å². The number of hydrogen-bond acceptors (Lipinski definition) is 22. The van der Waals surface area contributed by atoms with E-state index in [2.05, 4.69) is 65.9 Å². The van der Waals surface area contributed by atoms with Crippen molar-refractivity contribution in [1.82, 2.24) is 46.6 Å². The fraction of sp³-hybridized carbons (Fsp3) is 0.672. The second-order valence-electron chi connectivity index (χ2n) is 26.3. The summed E-state index contributed by atoms with van der Waals surface area (Å²) in [5, 5.41) is 103. The first-order valence-corrected chi connectivity index (χ1v) is 33.6. The van der Waals surface area contributed by atoms with Crippen LogP contribution in [0.15, 0.2) is 42.5 Å². The van der Waals surface area contributed by atoms with E-state index in [1.54, 1.807) is 11.3 Å². The quantitative estimate of drug-likeness (QED) is 0.0709. The highest BCUT2D eigenvalue weighted by Crippen LogP contribution is 2.43. The van der Waals surface area contributed by atoms with Gasteiger partial charge >= 0.3 is 0 Å². The lowest BCUT2D eigenvalue weighted by molar-refractivity contribution is -0.147. The number of phenols is 1. The number of piperidine rings is 1. The highest BCUT2D eigenvalue weighted by atomic mass is 32.1. The molecule has 0 spiro atoms. The number of nitrogens with zero attached hydrogens (tertiary/aromatic N) is 5. The van der Waals surface area contributed by atoms with Crippen molar-refractivity contribution in [2.45, 2.75) is 195 Å². The van der Waals surface area contributed by atoms with Crippen LogP contribution < -0.4 is 47.7 Å². The molecule has 4 aliphatic heterocycles. The van der Waals surface area contributed by atoms with E-state index in [1.165, 1.54) is 69.8 Å². The number of anilines is 1.